The summed E-state index contributed by atoms with van der Waals surface area (Å²) in [5, 5.41) is 0. The first-order valence-electron chi connectivity index (χ1n) is 8.34. The van der Waals surface area contributed by atoms with E-state index in [0.717, 1.165) is 0 Å². The summed E-state index contributed by atoms with van der Waals surface area (Å²) in [5.74, 6) is -0.195. The topological polar surface area (TPSA) is 91.4 Å². The number of nitrogens with one attached hydrogen (secondary N) is 1. The Balaban J connectivity index is 1.54. The molecule has 130 valence electrons. The van der Waals surface area contributed by atoms with Gasteiger partial charge in [0.1, 0.15) is 5.69 Å². The number of aromatic nitrogens is 3. The number of carbonyl (C=O) groups excluding carboxylic acids is 2. The van der Waals surface area contributed by atoms with E-state index in [1.807, 2.05) is 0 Å². The molecular formula is C17H19N5O3. The highest BCUT2D eigenvalue weighted by Gasteiger charge is 2.41. The van der Waals surface area contributed by atoms with Crippen LogP contribution in [0.2, 0.25) is 0 Å². The number of hydrogen-bond acceptors (Lipinski definition) is 5. The Bertz CT molecular complexity index is 749. The van der Waals surface area contributed by atoms with Crippen LogP contribution < -0.4 is 0 Å². The number of H-pyrrole nitrogens is 1. The SMILES string of the molecule is O=C(c1cc[nH]c1)N1CC[C@@H]2OCCN(C(=O)c3cnccn3)[C@H]2C1. The first-order chi connectivity index (χ1) is 12.2. The highest BCUT2D eigenvalue weighted by molar-refractivity contribution is 5.94. The van der Waals surface area contributed by atoms with Crippen LogP contribution in [0.3, 0.4) is 0 Å². The van der Waals surface area contributed by atoms with Crippen LogP contribution in [-0.2, 0) is 4.74 Å². The monoisotopic (exact) mass is 341 g/mol. The number of piperidine rings is 1. The van der Waals surface area contributed by atoms with E-state index in [0.29, 0.717) is 43.9 Å². The Morgan fingerprint density at radius 3 is 2.92 bits per heavy atom. The molecule has 0 aromatic carbocycles. The Hall–Kier alpha value is -2.74. The van der Waals surface area contributed by atoms with Gasteiger partial charge in [0.25, 0.3) is 11.8 Å². The van der Waals surface area contributed by atoms with Gasteiger partial charge in [-0.2, -0.15) is 0 Å². The third-order valence-corrected chi connectivity index (χ3v) is 4.76. The average molecular weight is 341 g/mol. The fourth-order valence-electron chi connectivity index (χ4n) is 3.50. The summed E-state index contributed by atoms with van der Waals surface area (Å²) in [6.07, 6.45) is 8.60. The van der Waals surface area contributed by atoms with E-state index in [2.05, 4.69) is 15.0 Å². The third kappa shape index (κ3) is 3.00. The van der Waals surface area contributed by atoms with E-state index < -0.39 is 0 Å². The summed E-state index contributed by atoms with van der Waals surface area (Å²) in [4.78, 5) is 40.0. The molecule has 25 heavy (non-hydrogen) atoms. The molecule has 0 spiro atoms. The van der Waals surface area contributed by atoms with Gasteiger partial charge in [-0.05, 0) is 12.5 Å². The molecule has 4 rings (SSSR count). The fraction of sp³-hybridized carbons (Fsp3) is 0.412. The van der Waals surface area contributed by atoms with Gasteiger partial charge in [0.2, 0.25) is 0 Å². The van der Waals surface area contributed by atoms with Gasteiger partial charge in [-0.1, -0.05) is 0 Å². The molecule has 2 aromatic heterocycles. The maximum Gasteiger partial charge on any atom is 0.274 e. The zero-order chi connectivity index (χ0) is 17.2. The van der Waals surface area contributed by atoms with Gasteiger partial charge in [-0.15, -0.1) is 0 Å². The average Bonchev–Trinajstić information content (AvgIpc) is 3.21. The lowest BCUT2D eigenvalue weighted by Gasteiger charge is -2.46. The maximum atomic E-state index is 12.8. The molecule has 8 nitrogen and oxygen atoms in total. The fourth-order valence-corrected chi connectivity index (χ4v) is 3.50. The first kappa shape index (κ1) is 15.8. The molecule has 2 fully saturated rings. The number of ether oxygens (including phenoxy) is 1. The number of nitrogens with zero attached hydrogens (tertiary/aromatic N) is 4. The van der Waals surface area contributed by atoms with Crippen molar-refractivity contribution in [2.75, 3.05) is 26.2 Å². The lowest BCUT2D eigenvalue weighted by atomic mass is 9.97. The van der Waals surface area contributed by atoms with Crippen molar-refractivity contribution in [2.45, 2.75) is 18.6 Å². The summed E-state index contributed by atoms with van der Waals surface area (Å²) in [6, 6.07) is 1.59. The number of morpholine rings is 1. The van der Waals surface area contributed by atoms with Crippen LogP contribution in [0, 0.1) is 0 Å². The standard InChI is InChI=1S/C17H19N5O3/c23-16(12-1-3-18-9-12)21-6-2-15-14(11-21)22(7-8-25-15)17(24)13-10-19-4-5-20-13/h1,3-5,9-10,14-15,18H,2,6-8,11H2/t14-,15-/m0/s1. The van der Waals surface area contributed by atoms with Crippen LogP contribution in [0.4, 0.5) is 0 Å². The number of amides is 2. The largest absolute Gasteiger partial charge is 0.374 e. The van der Waals surface area contributed by atoms with Crippen molar-refractivity contribution < 1.29 is 14.3 Å². The van der Waals surface area contributed by atoms with Gasteiger partial charge >= 0.3 is 0 Å². The van der Waals surface area contributed by atoms with Gasteiger partial charge in [0, 0.05) is 44.4 Å². The van der Waals surface area contributed by atoms with E-state index in [9.17, 15) is 9.59 Å². The number of hydrogen-bond donors (Lipinski definition) is 1. The quantitative estimate of drug-likeness (QED) is 0.862. The number of fused-ring (bicyclic) bond motifs is 1. The minimum atomic E-state index is -0.167. The second-order valence-electron chi connectivity index (χ2n) is 6.21. The van der Waals surface area contributed by atoms with Crippen LogP contribution in [0.1, 0.15) is 27.3 Å². The van der Waals surface area contributed by atoms with Crippen molar-refractivity contribution in [1.29, 1.82) is 0 Å². The number of aromatic amines is 1. The summed E-state index contributed by atoms with van der Waals surface area (Å²) < 4.78 is 5.84. The number of likely N-dealkylation sites (tertiary alicyclic amines) is 1. The Morgan fingerprint density at radius 2 is 2.16 bits per heavy atom. The molecule has 4 heterocycles. The van der Waals surface area contributed by atoms with Crippen LogP contribution in [0.25, 0.3) is 0 Å². The van der Waals surface area contributed by atoms with Crippen molar-refractivity contribution in [3.63, 3.8) is 0 Å². The molecule has 2 aliphatic rings. The molecular weight excluding hydrogens is 322 g/mol. The lowest BCUT2D eigenvalue weighted by Crippen LogP contribution is -2.62. The highest BCUT2D eigenvalue weighted by Crippen LogP contribution is 2.25. The van der Waals surface area contributed by atoms with E-state index in [1.165, 1.54) is 18.6 Å². The molecule has 0 unspecified atom stereocenters. The molecule has 8 heteroatoms. The highest BCUT2D eigenvalue weighted by atomic mass is 16.5. The Kier molecular flexibility index (Phi) is 4.19. The molecule has 2 aliphatic heterocycles. The van der Waals surface area contributed by atoms with Crippen molar-refractivity contribution >= 4 is 11.8 Å². The predicted octanol–water partition coefficient (Wildman–Crippen LogP) is 0.560. The number of carbonyl (C=O) groups is 2. The smallest absolute Gasteiger partial charge is 0.274 e. The van der Waals surface area contributed by atoms with Gasteiger partial charge in [0.05, 0.1) is 30.5 Å². The zero-order valence-electron chi connectivity index (χ0n) is 13.7. The molecule has 1 N–H and O–H groups in total. The molecule has 2 atom stereocenters. The lowest BCUT2D eigenvalue weighted by molar-refractivity contribution is -0.0856. The summed E-state index contributed by atoms with van der Waals surface area (Å²) in [6.45, 7) is 2.07. The molecule has 0 bridgehead atoms. The second-order valence-corrected chi connectivity index (χ2v) is 6.21. The van der Waals surface area contributed by atoms with E-state index >= 15 is 0 Å². The molecule has 0 aliphatic carbocycles. The predicted molar refractivity (Wildman–Crippen MR) is 87.9 cm³/mol. The van der Waals surface area contributed by atoms with E-state index in [1.54, 1.807) is 28.3 Å². The molecule has 0 saturated carbocycles. The summed E-state index contributed by atoms with van der Waals surface area (Å²) in [5.41, 5.74) is 0.944. The minimum absolute atomic E-state index is 0.0304. The van der Waals surface area contributed by atoms with Crippen molar-refractivity contribution in [2.24, 2.45) is 0 Å². The van der Waals surface area contributed by atoms with Crippen molar-refractivity contribution in [3.8, 4) is 0 Å². The molecule has 2 amide bonds. The maximum absolute atomic E-state index is 12.8. The minimum Gasteiger partial charge on any atom is -0.374 e. The normalized spacial score (nSPS) is 23.2. The van der Waals surface area contributed by atoms with E-state index in [-0.39, 0.29) is 24.0 Å². The van der Waals surface area contributed by atoms with Gasteiger partial charge in [0.15, 0.2) is 0 Å². The van der Waals surface area contributed by atoms with Crippen LogP contribution in [0.15, 0.2) is 37.1 Å². The van der Waals surface area contributed by atoms with Crippen LogP contribution in [-0.4, -0.2) is 75.0 Å². The number of rotatable bonds is 2. The second kappa shape index (κ2) is 6.64. The Morgan fingerprint density at radius 1 is 1.24 bits per heavy atom. The van der Waals surface area contributed by atoms with Crippen molar-refractivity contribution in [3.05, 3.63) is 48.3 Å². The van der Waals surface area contributed by atoms with E-state index in [4.69, 9.17) is 4.74 Å². The third-order valence-electron chi connectivity index (χ3n) is 4.76. The molecule has 2 aromatic rings. The summed E-state index contributed by atoms with van der Waals surface area (Å²) >= 11 is 0. The van der Waals surface area contributed by atoms with Crippen LogP contribution in [0.5, 0.6) is 0 Å². The van der Waals surface area contributed by atoms with Gasteiger partial charge in [-0.25, -0.2) is 4.98 Å². The van der Waals surface area contributed by atoms with Gasteiger partial charge < -0.3 is 19.5 Å². The van der Waals surface area contributed by atoms with Crippen LogP contribution >= 0.6 is 0 Å². The van der Waals surface area contributed by atoms with Crippen molar-refractivity contribution in [1.82, 2.24) is 24.8 Å². The van der Waals surface area contributed by atoms with Gasteiger partial charge in [-0.3, -0.25) is 14.6 Å². The molecule has 0 radical (unpaired) electrons. The first-order valence-corrected chi connectivity index (χ1v) is 8.34. The zero-order valence-corrected chi connectivity index (χ0v) is 13.7. The summed E-state index contributed by atoms with van der Waals surface area (Å²) in [7, 11) is 0. The molecule has 2 saturated heterocycles. The Labute approximate surface area is 144 Å².